The van der Waals surface area contributed by atoms with Gasteiger partial charge >= 0.3 is 5.69 Å². The van der Waals surface area contributed by atoms with Crippen molar-refractivity contribution in [3.05, 3.63) is 26.7 Å². The zero-order valence-corrected chi connectivity index (χ0v) is 15.6. The van der Waals surface area contributed by atoms with Crippen molar-refractivity contribution in [1.82, 2.24) is 24.1 Å². The van der Waals surface area contributed by atoms with E-state index in [0.29, 0.717) is 11.5 Å². The molecule has 3 aromatic rings. The number of hydrogen-bond donors (Lipinski definition) is 0. The van der Waals surface area contributed by atoms with Crippen LogP contribution in [0.4, 0.5) is 0 Å². The van der Waals surface area contributed by atoms with Crippen molar-refractivity contribution in [2.75, 3.05) is 14.1 Å². The van der Waals surface area contributed by atoms with Gasteiger partial charge in [0.1, 0.15) is 17.2 Å². The Hall–Kier alpha value is -2.22. The molecular formula is C16H21N5O2S. The maximum atomic E-state index is 12.8. The number of carbonyl (C=O) groups excluding carboxylic acids is 1. The molecule has 0 aliphatic rings. The number of hydrogen-bond acceptors (Lipinski definition) is 5. The molecule has 0 atom stereocenters. The average Bonchev–Trinajstić information content (AvgIpc) is 2.96. The summed E-state index contributed by atoms with van der Waals surface area (Å²) in [4.78, 5) is 33.0. The molecule has 24 heavy (non-hydrogen) atoms. The van der Waals surface area contributed by atoms with Crippen LogP contribution in [0.25, 0.3) is 15.9 Å². The van der Waals surface area contributed by atoms with Crippen LogP contribution < -0.4 is 5.69 Å². The van der Waals surface area contributed by atoms with E-state index in [1.807, 2.05) is 27.7 Å². The SMILES string of the molecule is Cc1sc2nc(C(C)C)n3c(=O)n(CC(=O)N(C)C)nc3c2c1C. The van der Waals surface area contributed by atoms with E-state index in [9.17, 15) is 9.59 Å². The molecule has 8 heteroatoms. The van der Waals surface area contributed by atoms with Crippen LogP contribution in [0.2, 0.25) is 0 Å². The first-order chi connectivity index (χ1) is 11.2. The van der Waals surface area contributed by atoms with Crippen molar-refractivity contribution in [3.8, 4) is 0 Å². The van der Waals surface area contributed by atoms with E-state index in [-0.39, 0.29) is 24.1 Å². The highest BCUT2D eigenvalue weighted by molar-refractivity contribution is 7.18. The Morgan fingerprint density at radius 1 is 1.29 bits per heavy atom. The Morgan fingerprint density at radius 3 is 2.54 bits per heavy atom. The van der Waals surface area contributed by atoms with Crippen molar-refractivity contribution in [1.29, 1.82) is 0 Å². The highest BCUT2D eigenvalue weighted by Crippen LogP contribution is 2.32. The summed E-state index contributed by atoms with van der Waals surface area (Å²) in [6.45, 7) is 7.97. The van der Waals surface area contributed by atoms with E-state index in [1.54, 1.807) is 29.8 Å². The summed E-state index contributed by atoms with van der Waals surface area (Å²) < 4.78 is 2.78. The quantitative estimate of drug-likeness (QED) is 0.726. The maximum absolute atomic E-state index is 12.8. The minimum Gasteiger partial charge on any atom is -0.347 e. The molecule has 0 bridgehead atoms. The molecule has 3 heterocycles. The van der Waals surface area contributed by atoms with Crippen LogP contribution >= 0.6 is 11.3 Å². The lowest BCUT2D eigenvalue weighted by Gasteiger charge is -2.08. The lowest BCUT2D eigenvalue weighted by molar-refractivity contribution is -0.129. The van der Waals surface area contributed by atoms with E-state index in [4.69, 9.17) is 4.98 Å². The van der Waals surface area contributed by atoms with Gasteiger partial charge in [-0.1, -0.05) is 13.8 Å². The molecule has 0 unspecified atom stereocenters. The predicted octanol–water partition coefficient (Wildman–Crippen LogP) is 1.93. The highest BCUT2D eigenvalue weighted by Gasteiger charge is 2.22. The van der Waals surface area contributed by atoms with E-state index >= 15 is 0 Å². The van der Waals surface area contributed by atoms with Crippen molar-refractivity contribution in [2.24, 2.45) is 0 Å². The molecule has 0 aromatic carbocycles. The van der Waals surface area contributed by atoms with Gasteiger partial charge in [0, 0.05) is 24.9 Å². The summed E-state index contributed by atoms with van der Waals surface area (Å²) in [5.41, 5.74) is 1.35. The molecule has 0 saturated heterocycles. The Kier molecular flexibility index (Phi) is 3.95. The van der Waals surface area contributed by atoms with Gasteiger partial charge in [0.2, 0.25) is 5.91 Å². The summed E-state index contributed by atoms with van der Waals surface area (Å²) in [7, 11) is 3.32. The van der Waals surface area contributed by atoms with Crippen molar-refractivity contribution in [3.63, 3.8) is 0 Å². The van der Waals surface area contributed by atoms with E-state index in [2.05, 4.69) is 5.10 Å². The number of thiophene rings is 1. The lowest BCUT2D eigenvalue weighted by Crippen LogP contribution is -2.32. The van der Waals surface area contributed by atoms with Gasteiger partial charge in [-0.25, -0.2) is 18.9 Å². The first-order valence-corrected chi connectivity index (χ1v) is 8.63. The molecule has 3 rings (SSSR count). The van der Waals surface area contributed by atoms with Crippen molar-refractivity contribution in [2.45, 2.75) is 40.2 Å². The molecule has 0 saturated carbocycles. The molecule has 0 fully saturated rings. The van der Waals surface area contributed by atoms with E-state index in [0.717, 1.165) is 20.7 Å². The summed E-state index contributed by atoms with van der Waals surface area (Å²) >= 11 is 1.61. The van der Waals surface area contributed by atoms with Crippen LogP contribution in [0.3, 0.4) is 0 Å². The van der Waals surface area contributed by atoms with Crippen LogP contribution in [0.15, 0.2) is 4.79 Å². The number of aromatic nitrogens is 4. The molecule has 0 aliphatic heterocycles. The third kappa shape index (κ3) is 2.41. The normalized spacial score (nSPS) is 11.8. The predicted molar refractivity (Wildman–Crippen MR) is 94.9 cm³/mol. The van der Waals surface area contributed by atoms with Crippen LogP contribution in [0.5, 0.6) is 0 Å². The van der Waals surface area contributed by atoms with Gasteiger partial charge in [-0.05, 0) is 19.4 Å². The van der Waals surface area contributed by atoms with Crippen LogP contribution in [-0.4, -0.2) is 44.1 Å². The zero-order chi connectivity index (χ0) is 17.8. The number of fused-ring (bicyclic) bond motifs is 3. The summed E-state index contributed by atoms with van der Waals surface area (Å²) in [5.74, 6) is 0.570. The number of rotatable bonds is 3. The second kappa shape index (κ2) is 5.70. The lowest BCUT2D eigenvalue weighted by atomic mass is 10.2. The summed E-state index contributed by atoms with van der Waals surface area (Å²) in [6.07, 6.45) is 0. The number of amides is 1. The topological polar surface area (TPSA) is 72.5 Å². The fraction of sp³-hybridized carbons (Fsp3) is 0.500. The highest BCUT2D eigenvalue weighted by atomic mass is 32.1. The first kappa shape index (κ1) is 16.6. The molecule has 128 valence electrons. The molecule has 0 radical (unpaired) electrons. The Morgan fingerprint density at radius 2 is 1.96 bits per heavy atom. The second-order valence-corrected chi connectivity index (χ2v) is 7.68. The fourth-order valence-electron chi connectivity index (χ4n) is 2.64. The van der Waals surface area contributed by atoms with Crippen molar-refractivity contribution < 1.29 is 4.79 Å². The zero-order valence-electron chi connectivity index (χ0n) is 14.7. The molecule has 1 amide bonds. The fourth-order valence-corrected chi connectivity index (χ4v) is 3.67. The van der Waals surface area contributed by atoms with Gasteiger partial charge < -0.3 is 4.90 Å². The smallest absolute Gasteiger partial charge is 0.347 e. The van der Waals surface area contributed by atoms with Crippen LogP contribution in [0.1, 0.15) is 36.0 Å². The minimum atomic E-state index is -0.318. The van der Waals surface area contributed by atoms with Gasteiger partial charge in [-0.2, -0.15) is 0 Å². The molecule has 7 nitrogen and oxygen atoms in total. The molecule has 0 aliphatic carbocycles. The Balaban J connectivity index is 2.38. The van der Waals surface area contributed by atoms with Gasteiger partial charge in [-0.3, -0.25) is 4.79 Å². The third-order valence-electron chi connectivity index (χ3n) is 4.18. The summed E-state index contributed by atoms with van der Waals surface area (Å²) in [6, 6.07) is 0. The largest absolute Gasteiger partial charge is 0.352 e. The Bertz CT molecular complexity index is 1010. The third-order valence-corrected chi connectivity index (χ3v) is 5.28. The van der Waals surface area contributed by atoms with Gasteiger partial charge in [0.25, 0.3) is 0 Å². The van der Waals surface area contributed by atoms with Gasteiger partial charge in [-0.15, -0.1) is 16.4 Å². The second-order valence-electron chi connectivity index (χ2n) is 6.48. The van der Waals surface area contributed by atoms with Crippen LogP contribution in [0, 0.1) is 13.8 Å². The van der Waals surface area contributed by atoms with Crippen molar-refractivity contribution >= 4 is 33.1 Å². The molecular weight excluding hydrogens is 326 g/mol. The monoisotopic (exact) mass is 347 g/mol. The average molecular weight is 347 g/mol. The van der Waals surface area contributed by atoms with Crippen LogP contribution in [-0.2, 0) is 11.3 Å². The minimum absolute atomic E-state index is 0.0690. The first-order valence-electron chi connectivity index (χ1n) is 7.81. The molecule has 3 aromatic heterocycles. The molecule has 0 N–H and O–H groups in total. The maximum Gasteiger partial charge on any atom is 0.352 e. The number of likely N-dealkylation sites (N-methyl/N-ethyl adjacent to an activating group) is 1. The number of nitrogens with zero attached hydrogens (tertiary/aromatic N) is 5. The van der Waals surface area contributed by atoms with Gasteiger partial charge in [0.15, 0.2) is 5.65 Å². The van der Waals surface area contributed by atoms with E-state index < -0.39 is 0 Å². The Labute approximate surface area is 143 Å². The standard InChI is InChI=1S/C16H21N5O2S/c1-8(2)13-17-15-12(9(3)10(4)24-15)14-18-20(16(23)21(13)14)7-11(22)19(5)6/h8H,7H2,1-6H3. The van der Waals surface area contributed by atoms with Gasteiger partial charge in [0.05, 0.1) is 5.39 Å². The number of carbonyl (C=O) groups is 1. The van der Waals surface area contributed by atoms with E-state index in [1.165, 1.54) is 9.58 Å². The molecule has 0 spiro atoms. The summed E-state index contributed by atoms with van der Waals surface area (Å²) in [5, 5.41) is 5.36. The number of aryl methyl sites for hydroxylation is 2.